The SMILES string of the molecule is CCC(BC(C)C)(CC)C(C)C. The third-order valence-corrected chi connectivity index (χ3v) is 3.45. The van der Waals surface area contributed by atoms with Gasteiger partial charge in [-0.05, 0) is 5.92 Å². The second kappa shape index (κ2) is 4.94. The molecule has 1 heteroatoms. The van der Waals surface area contributed by atoms with Crippen LogP contribution < -0.4 is 0 Å². The Morgan fingerprint density at radius 2 is 1.42 bits per heavy atom. The van der Waals surface area contributed by atoms with E-state index in [1.807, 2.05) is 0 Å². The van der Waals surface area contributed by atoms with Crippen LogP contribution in [0.1, 0.15) is 54.4 Å². The van der Waals surface area contributed by atoms with Gasteiger partial charge in [-0.25, -0.2) is 0 Å². The van der Waals surface area contributed by atoms with Gasteiger partial charge in [0.15, 0.2) is 0 Å². The van der Waals surface area contributed by atoms with E-state index in [0.717, 1.165) is 11.7 Å². The number of rotatable bonds is 5. The van der Waals surface area contributed by atoms with Crippen molar-refractivity contribution in [3.63, 3.8) is 0 Å². The normalized spacial score (nSPS) is 12.7. The van der Waals surface area contributed by atoms with E-state index in [1.165, 1.54) is 20.1 Å². The van der Waals surface area contributed by atoms with Crippen molar-refractivity contribution in [2.45, 2.75) is 65.5 Å². The zero-order valence-electron chi connectivity index (χ0n) is 9.78. The van der Waals surface area contributed by atoms with Crippen LogP contribution >= 0.6 is 0 Å². The highest BCUT2D eigenvalue weighted by molar-refractivity contribution is 6.41. The Morgan fingerprint density at radius 1 is 1.00 bits per heavy atom. The predicted octanol–water partition coefficient (Wildman–Crippen LogP) is 3.89. The lowest BCUT2D eigenvalue weighted by atomic mass is 9.41. The standard InChI is InChI=1S/C11H25B/c1-7-11(8-2,9(3)4)12-10(5)6/h9-10,12H,7-8H2,1-6H3. The van der Waals surface area contributed by atoms with Crippen molar-refractivity contribution in [1.82, 2.24) is 0 Å². The second-order valence-corrected chi connectivity index (χ2v) is 4.82. The van der Waals surface area contributed by atoms with Crippen LogP contribution in [0.4, 0.5) is 0 Å². The molecule has 0 aliphatic rings. The largest absolute Gasteiger partial charge is 0.131 e. The molecule has 0 aliphatic carbocycles. The number of hydrogen-bond acceptors (Lipinski definition) is 0. The molecule has 0 aliphatic heterocycles. The van der Waals surface area contributed by atoms with Crippen molar-refractivity contribution in [2.75, 3.05) is 0 Å². The van der Waals surface area contributed by atoms with E-state index < -0.39 is 0 Å². The van der Waals surface area contributed by atoms with Crippen LogP contribution in [0.5, 0.6) is 0 Å². The molecule has 0 rings (SSSR count). The molecule has 0 aromatic rings. The van der Waals surface area contributed by atoms with E-state index >= 15 is 0 Å². The van der Waals surface area contributed by atoms with Crippen molar-refractivity contribution in [2.24, 2.45) is 5.92 Å². The zero-order valence-corrected chi connectivity index (χ0v) is 9.78. The maximum atomic E-state index is 2.37. The summed E-state index contributed by atoms with van der Waals surface area (Å²) in [4.78, 5) is 0. The van der Waals surface area contributed by atoms with E-state index in [-0.39, 0.29) is 0 Å². The van der Waals surface area contributed by atoms with Crippen molar-refractivity contribution in [3.8, 4) is 0 Å². The Hall–Kier alpha value is 0.0649. The summed E-state index contributed by atoms with van der Waals surface area (Å²) in [5, 5.41) is 0.605. The summed E-state index contributed by atoms with van der Waals surface area (Å²) in [7, 11) is 1.39. The lowest BCUT2D eigenvalue weighted by molar-refractivity contribution is 0.377. The molecule has 0 nitrogen and oxygen atoms in total. The summed E-state index contributed by atoms with van der Waals surface area (Å²) >= 11 is 0. The molecule has 0 aromatic heterocycles. The van der Waals surface area contributed by atoms with Gasteiger partial charge in [0.25, 0.3) is 0 Å². The quantitative estimate of drug-likeness (QED) is 0.546. The molecule has 0 saturated carbocycles. The first kappa shape index (κ1) is 12.1. The van der Waals surface area contributed by atoms with E-state index in [2.05, 4.69) is 41.5 Å². The second-order valence-electron chi connectivity index (χ2n) is 4.82. The molecule has 0 N–H and O–H groups in total. The van der Waals surface area contributed by atoms with Crippen molar-refractivity contribution < 1.29 is 0 Å². The molecule has 0 saturated heterocycles. The Bertz CT molecular complexity index is 112. The van der Waals surface area contributed by atoms with Crippen LogP contribution in [-0.2, 0) is 0 Å². The van der Waals surface area contributed by atoms with Gasteiger partial charge in [-0.1, -0.05) is 65.5 Å². The molecule has 0 atom stereocenters. The molecule has 12 heavy (non-hydrogen) atoms. The smallest absolute Gasteiger partial charge is 0.0706 e. The van der Waals surface area contributed by atoms with Gasteiger partial charge in [0.2, 0.25) is 0 Å². The molecule has 0 fully saturated rings. The predicted molar refractivity (Wildman–Crippen MR) is 60.4 cm³/mol. The zero-order chi connectivity index (χ0) is 9.78. The maximum Gasteiger partial charge on any atom is 0.131 e. The highest BCUT2D eigenvalue weighted by Crippen LogP contribution is 2.43. The van der Waals surface area contributed by atoms with Crippen LogP contribution in [0.15, 0.2) is 0 Å². The van der Waals surface area contributed by atoms with Gasteiger partial charge in [0.05, 0.1) is 0 Å². The van der Waals surface area contributed by atoms with Crippen molar-refractivity contribution in [1.29, 1.82) is 0 Å². The van der Waals surface area contributed by atoms with Crippen LogP contribution in [0.3, 0.4) is 0 Å². The molecular weight excluding hydrogens is 143 g/mol. The lowest BCUT2D eigenvalue weighted by Crippen LogP contribution is -2.26. The molecule has 0 aromatic carbocycles. The minimum Gasteiger partial charge on any atom is -0.0706 e. The third-order valence-electron chi connectivity index (χ3n) is 3.45. The van der Waals surface area contributed by atoms with E-state index in [1.54, 1.807) is 0 Å². The molecule has 0 heterocycles. The average molecular weight is 168 g/mol. The van der Waals surface area contributed by atoms with Crippen LogP contribution in [-0.4, -0.2) is 7.28 Å². The first-order valence-corrected chi connectivity index (χ1v) is 5.48. The van der Waals surface area contributed by atoms with Gasteiger partial charge in [-0.15, -0.1) is 0 Å². The van der Waals surface area contributed by atoms with Crippen molar-refractivity contribution >= 4 is 7.28 Å². The average Bonchev–Trinajstić information content (AvgIpc) is 1.99. The van der Waals surface area contributed by atoms with Crippen LogP contribution in [0.2, 0.25) is 11.1 Å². The lowest BCUT2D eigenvalue weighted by Gasteiger charge is -2.36. The Balaban J connectivity index is 4.35. The summed E-state index contributed by atoms with van der Waals surface area (Å²) < 4.78 is 0. The highest BCUT2D eigenvalue weighted by Gasteiger charge is 2.31. The van der Waals surface area contributed by atoms with Gasteiger partial charge in [-0.3, -0.25) is 0 Å². The summed E-state index contributed by atoms with van der Waals surface area (Å²) in [5.74, 6) is 1.67. The Morgan fingerprint density at radius 3 is 1.50 bits per heavy atom. The van der Waals surface area contributed by atoms with Gasteiger partial charge in [-0.2, -0.15) is 0 Å². The monoisotopic (exact) mass is 168 g/mol. The molecule has 72 valence electrons. The Labute approximate surface area is 79.4 Å². The third kappa shape index (κ3) is 2.84. The molecule has 0 radical (unpaired) electrons. The minimum atomic E-state index is 0.605. The van der Waals surface area contributed by atoms with Gasteiger partial charge >= 0.3 is 0 Å². The maximum absolute atomic E-state index is 2.37. The fraction of sp³-hybridized carbons (Fsp3) is 1.00. The topological polar surface area (TPSA) is 0 Å². The summed E-state index contributed by atoms with van der Waals surface area (Å²) in [6.45, 7) is 14.1. The molecule has 0 unspecified atom stereocenters. The summed E-state index contributed by atoms with van der Waals surface area (Å²) in [6, 6.07) is 0. The number of hydrogen-bond donors (Lipinski definition) is 0. The fourth-order valence-corrected chi connectivity index (χ4v) is 2.40. The van der Waals surface area contributed by atoms with Crippen LogP contribution in [0, 0.1) is 5.92 Å². The van der Waals surface area contributed by atoms with Crippen molar-refractivity contribution in [3.05, 3.63) is 0 Å². The van der Waals surface area contributed by atoms with Gasteiger partial charge in [0, 0.05) is 0 Å². The first-order chi connectivity index (χ1) is 5.48. The van der Waals surface area contributed by atoms with Gasteiger partial charge in [0.1, 0.15) is 7.28 Å². The first-order valence-electron chi connectivity index (χ1n) is 5.48. The van der Waals surface area contributed by atoms with E-state index in [4.69, 9.17) is 0 Å². The minimum absolute atomic E-state index is 0.605. The van der Waals surface area contributed by atoms with Crippen LogP contribution in [0.25, 0.3) is 0 Å². The molecular formula is C11H25B. The summed E-state index contributed by atoms with van der Waals surface area (Å²) in [5.41, 5.74) is 0. The molecule has 0 bridgehead atoms. The molecule has 0 amide bonds. The highest BCUT2D eigenvalue weighted by atomic mass is 14.3. The van der Waals surface area contributed by atoms with E-state index in [0.29, 0.717) is 5.31 Å². The fourth-order valence-electron chi connectivity index (χ4n) is 2.40. The van der Waals surface area contributed by atoms with Gasteiger partial charge < -0.3 is 0 Å². The van der Waals surface area contributed by atoms with E-state index in [9.17, 15) is 0 Å². The molecule has 0 spiro atoms. The summed E-state index contributed by atoms with van der Waals surface area (Å²) in [6.07, 6.45) is 2.67. The Kier molecular flexibility index (Phi) is 4.97.